The van der Waals surface area contributed by atoms with Crippen molar-refractivity contribution >= 4 is 45.0 Å². The molecule has 0 saturated heterocycles. The highest BCUT2D eigenvalue weighted by atomic mass is 79.9. The number of hydrogen-bond acceptors (Lipinski definition) is 3. The van der Waals surface area contributed by atoms with Gasteiger partial charge in [0.15, 0.2) is 0 Å². The second kappa shape index (κ2) is 4.59. The van der Waals surface area contributed by atoms with E-state index in [1.54, 1.807) is 6.07 Å². The van der Waals surface area contributed by atoms with E-state index in [-0.39, 0.29) is 11.4 Å². The Balaban J connectivity index is 3.28. The molecule has 0 spiro atoms. The zero-order chi connectivity index (χ0) is 11.6. The predicted molar refractivity (Wildman–Crippen MR) is 59.8 cm³/mol. The van der Waals surface area contributed by atoms with E-state index in [1.165, 1.54) is 19.1 Å². The molecule has 0 atom stereocenters. The van der Waals surface area contributed by atoms with E-state index in [9.17, 15) is 14.9 Å². The molecular formula is C8H6BrClN2O3. The summed E-state index contributed by atoms with van der Waals surface area (Å²) >= 11 is 8.71. The van der Waals surface area contributed by atoms with Crippen LogP contribution in [0.4, 0.5) is 11.4 Å². The number of hydrogen-bond donors (Lipinski definition) is 0. The summed E-state index contributed by atoms with van der Waals surface area (Å²) in [7, 11) is 0. The van der Waals surface area contributed by atoms with Crippen LogP contribution in [-0.4, -0.2) is 10.8 Å². The Labute approximate surface area is 99.0 Å². The molecule has 0 aliphatic rings. The third-order valence-electron chi connectivity index (χ3n) is 1.62. The number of rotatable bonds is 2. The van der Waals surface area contributed by atoms with Crippen LogP contribution < -0.4 is 4.42 Å². The number of nitro groups is 1. The highest BCUT2D eigenvalue weighted by molar-refractivity contribution is 9.10. The Morgan fingerprint density at radius 3 is 2.67 bits per heavy atom. The van der Waals surface area contributed by atoms with Crippen LogP contribution in [0.1, 0.15) is 6.92 Å². The lowest BCUT2D eigenvalue weighted by molar-refractivity contribution is -0.384. The molecule has 5 nitrogen and oxygen atoms in total. The van der Waals surface area contributed by atoms with Crippen LogP contribution in [-0.2, 0) is 4.79 Å². The number of nitrogens with zero attached hydrogens (tertiary/aromatic N) is 2. The average Bonchev–Trinajstić information content (AvgIpc) is 2.16. The van der Waals surface area contributed by atoms with Gasteiger partial charge in [0.2, 0.25) is 5.91 Å². The van der Waals surface area contributed by atoms with Crippen LogP contribution >= 0.6 is 27.7 Å². The highest BCUT2D eigenvalue weighted by Crippen LogP contribution is 2.32. The van der Waals surface area contributed by atoms with Crippen LogP contribution in [0.5, 0.6) is 0 Å². The minimum absolute atomic E-state index is 0.0531. The van der Waals surface area contributed by atoms with Crippen molar-refractivity contribution in [3.8, 4) is 0 Å². The molecule has 0 aromatic heterocycles. The fourth-order valence-corrected chi connectivity index (χ4v) is 1.47. The lowest BCUT2D eigenvalue weighted by Crippen LogP contribution is -2.17. The molecular weight excluding hydrogens is 287 g/mol. The zero-order valence-electron chi connectivity index (χ0n) is 7.61. The molecule has 7 heteroatoms. The van der Waals surface area contributed by atoms with Gasteiger partial charge >= 0.3 is 0 Å². The number of benzene rings is 1. The minimum atomic E-state index is -0.599. The van der Waals surface area contributed by atoms with E-state index < -0.39 is 10.8 Å². The summed E-state index contributed by atoms with van der Waals surface area (Å²) in [5.41, 5.74) is -0.174. The van der Waals surface area contributed by atoms with E-state index in [4.69, 9.17) is 11.8 Å². The van der Waals surface area contributed by atoms with Crippen molar-refractivity contribution in [1.29, 1.82) is 0 Å². The second-order valence-corrected chi connectivity index (χ2v) is 3.94. The molecule has 0 aliphatic carbocycles. The molecule has 1 amide bonds. The fraction of sp³-hybridized carbons (Fsp3) is 0.125. The molecule has 0 bridgehead atoms. The summed E-state index contributed by atoms with van der Waals surface area (Å²) < 4.78 is 1.26. The number of halogens is 2. The summed E-state index contributed by atoms with van der Waals surface area (Å²) in [6.07, 6.45) is 0. The maximum Gasteiger partial charge on any atom is 0.295 e. The minimum Gasteiger partial charge on any atom is -0.273 e. The third kappa shape index (κ3) is 2.66. The quantitative estimate of drug-likeness (QED) is 0.478. The summed E-state index contributed by atoms with van der Waals surface area (Å²) in [6.45, 7) is 1.22. The first kappa shape index (κ1) is 11.9. The van der Waals surface area contributed by atoms with Crippen LogP contribution in [0.25, 0.3) is 0 Å². The topological polar surface area (TPSA) is 63.5 Å². The van der Waals surface area contributed by atoms with Gasteiger partial charge in [0.1, 0.15) is 5.69 Å². The molecule has 0 radical (unpaired) electrons. The zero-order valence-corrected chi connectivity index (χ0v) is 9.95. The van der Waals surface area contributed by atoms with Crippen molar-refractivity contribution in [2.75, 3.05) is 4.42 Å². The number of nitro benzene ring substituents is 1. The van der Waals surface area contributed by atoms with E-state index in [2.05, 4.69) is 15.9 Å². The maximum absolute atomic E-state index is 11.0. The van der Waals surface area contributed by atoms with Crippen molar-refractivity contribution in [3.05, 3.63) is 32.8 Å². The first-order valence-corrected chi connectivity index (χ1v) is 4.97. The molecule has 0 N–H and O–H groups in total. The average molecular weight is 294 g/mol. The molecule has 1 aromatic rings. The van der Waals surface area contributed by atoms with Crippen LogP contribution in [0.3, 0.4) is 0 Å². The van der Waals surface area contributed by atoms with Gasteiger partial charge in [0.05, 0.1) is 4.92 Å². The lowest BCUT2D eigenvalue weighted by atomic mass is 10.2. The first-order chi connectivity index (χ1) is 6.93. The summed E-state index contributed by atoms with van der Waals surface area (Å²) in [5.74, 6) is -0.484. The second-order valence-electron chi connectivity index (χ2n) is 2.69. The first-order valence-electron chi connectivity index (χ1n) is 3.84. The molecule has 1 rings (SSSR count). The largest absolute Gasteiger partial charge is 0.295 e. The van der Waals surface area contributed by atoms with Crippen LogP contribution in [0, 0.1) is 10.1 Å². The van der Waals surface area contributed by atoms with Crippen LogP contribution in [0.2, 0.25) is 0 Å². The van der Waals surface area contributed by atoms with E-state index in [0.29, 0.717) is 8.89 Å². The summed E-state index contributed by atoms with van der Waals surface area (Å²) in [5, 5.41) is 10.7. The normalized spacial score (nSPS) is 9.80. The highest BCUT2D eigenvalue weighted by Gasteiger charge is 2.21. The fourth-order valence-electron chi connectivity index (χ4n) is 0.978. The van der Waals surface area contributed by atoms with Crippen molar-refractivity contribution in [1.82, 2.24) is 0 Å². The maximum atomic E-state index is 11.0. The number of carbonyl (C=O) groups is 1. The van der Waals surface area contributed by atoms with Gasteiger partial charge < -0.3 is 0 Å². The monoisotopic (exact) mass is 292 g/mol. The van der Waals surface area contributed by atoms with Gasteiger partial charge in [-0.15, -0.1) is 0 Å². The molecule has 0 unspecified atom stereocenters. The summed E-state index contributed by atoms with van der Waals surface area (Å²) in [4.78, 5) is 21.1. The number of amides is 1. The van der Waals surface area contributed by atoms with Crippen LogP contribution in [0.15, 0.2) is 22.7 Å². The Kier molecular flexibility index (Phi) is 3.65. The van der Waals surface area contributed by atoms with Gasteiger partial charge in [0.25, 0.3) is 5.69 Å². The van der Waals surface area contributed by atoms with Gasteiger partial charge in [-0.05, 0) is 12.1 Å². The number of carbonyl (C=O) groups excluding carboxylic acids is 1. The molecule has 0 saturated carbocycles. The molecule has 80 valence electrons. The van der Waals surface area contributed by atoms with E-state index in [0.717, 1.165) is 0 Å². The summed E-state index contributed by atoms with van der Waals surface area (Å²) in [6, 6.07) is 4.25. The van der Waals surface area contributed by atoms with E-state index >= 15 is 0 Å². The smallest absolute Gasteiger partial charge is 0.273 e. The van der Waals surface area contributed by atoms with Crippen molar-refractivity contribution < 1.29 is 9.72 Å². The van der Waals surface area contributed by atoms with Gasteiger partial charge in [-0.1, -0.05) is 15.9 Å². The molecule has 15 heavy (non-hydrogen) atoms. The third-order valence-corrected chi connectivity index (χ3v) is 2.54. The van der Waals surface area contributed by atoms with Gasteiger partial charge in [-0.25, -0.2) is 4.42 Å². The van der Waals surface area contributed by atoms with Gasteiger partial charge in [-0.3, -0.25) is 14.9 Å². The van der Waals surface area contributed by atoms with Crippen molar-refractivity contribution in [3.63, 3.8) is 0 Å². The number of anilines is 1. The lowest BCUT2D eigenvalue weighted by Gasteiger charge is -2.11. The van der Waals surface area contributed by atoms with E-state index in [1.807, 2.05) is 0 Å². The molecule has 0 heterocycles. The standard InChI is InChI=1S/C8H6BrClN2O3/c1-5(13)11(10)7-3-2-6(9)4-8(7)12(14)15/h2-4H,1H3. The SMILES string of the molecule is CC(=O)N(Cl)c1ccc(Br)cc1[N+](=O)[O-]. The van der Waals surface area contributed by atoms with Gasteiger partial charge in [-0.2, -0.15) is 0 Å². The Hall–Kier alpha value is -1.14. The van der Waals surface area contributed by atoms with Gasteiger partial charge in [0, 0.05) is 29.2 Å². The Bertz CT molecular complexity index is 424. The van der Waals surface area contributed by atoms with Crippen molar-refractivity contribution in [2.24, 2.45) is 0 Å². The van der Waals surface area contributed by atoms with Crippen molar-refractivity contribution in [2.45, 2.75) is 6.92 Å². The Morgan fingerprint density at radius 1 is 1.60 bits per heavy atom. The Morgan fingerprint density at radius 2 is 2.20 bits per heavy atom. The predicted octanol–water partition coefficient (Wildman–Crippen LogP) is 2.86. The molecule has 0 fully saturated rings. The molecule has 1 aromatic carbocycles. The molecule has 0 aliphatic heterocycles.